The van der Waals surface area contributed by atoms with Gasteiger partial charge in [-0.25, -0.2) is 0 Å². The minimum atomic E-state index is -4.75. The average molecular weight is 504 g/mol. The molecule has 3 rings (SSSR count). The van der Waals surface area contributed by atoms with Crippen LogP contribution in [0, 0.1) is 11.8 Å². The molecule has 1 aromatic rings. The number of aliphatic imine (C=N–C) groups is 1. The minimum Gasteiger partial charge on any atom is -0.405 e. The number of nitrogens with zero attached hydrogens (tertiary/aromatic N) is 2. The summed E-state index contributed by atoms with van der Waals surface area (Å²) in [5.74, 6) is 0.175. The van der Waals surface area contributed by atoms with Crippen LogP contribution in [-0.4, -0.2) is 43.4 Å². The molecule has 0 bridgehead atoms. The van der Waals surface area contributed by atoms with Crippen LogP contribution in [0.15, 0.2) is 39.6 Å². The molecule has 0 aromatic heterocycles. The maximum atomic E-state index is 12.8. The van der Waals surface area contributed by atoms with Gasteiger partial charge in [0.2, 0.25) is 0 Å². The quantitative estimate of drug-likeness (QED) is 0.550. The van der Waals surface area contributed by atoms with E-state index in [1.165, 1.54) is 6.07 Å². The van der Waals surface area contributed by atoms with Gasteiger partial charge in [0.15, 0.2) is 5.79 Å². The van der Waals surface area contributed by atoms with Crippen molar-refractivity contribution in [1.82, 2.24) is 10.2 Å². The third-order valence-electron chi connectivity index (χ3n) is 6.04. The number of hydrogen-bond acceptors (Lipinski definition) is 6. The van der Waals surface area contributed by atoms with E-state index in [-0.39, 0.29) is 23.6 Å². The second-order valence-electron chi connectivity index (χ2n) is 8.45. The van der Waals surface area contributed by atoms with E-state index < -0.39 is 12.1 Å². The summed E-state index contributed by atoms with van der Waals surface area (Å²) >= 11 is 3.19. The fourth-order valence-electron chi connectivity index (χ4n) is 4.30. The summed E-state index contributed by atoms with van der Waals surface area (Å²) in [7, 11) is 3.88. The third-order valence-corrected chi connectivity index (χ3v) is 6.53. The lowest BCUT2D eigenvalue weighted by molar-refractivity contribution is -0.274. The Bertz CT molecular complexity index is 837. The molecule has 0 amide bonds. The number of allylic oxidation sites excluding steroid dienone is 1. The Morgan fingerprint density at radius 3 is 2.58 bits per heavy atom. The second kappa shape index (κ2) is 9.38. The van der Waals surface area contributed by atoms with Gasteiger partial charge < -0.3 is 20.7 Å². The molecule has 10 heteroatoms. The van der Waals surface area contributed by atoms with Gasteiger partial charge in [-0.1, -0.05) is 22.0 Å². The van der Waals surface area contributed by atoms with E-state index in [9.17, 15) is 13.2 Å². The molecule has 0 saturated heterocycles. The van der Waals surface area contributed by atoms with Crippen LogP contribution in [0.1, 0.15) is 31.2 Å². The highest BCUT2D eigenvalue weighted by Crippen LogP contribution is 2.38. The monoisotopic (exact) mass is 503 g/mol. The molecule has 6 nitrogen and oxygen atoms in total. The zero-order chi connectivity index (χ0) is 22.8. The Hall–Kier alpha value is -1.78. The summed E-state index contributed by atoms with van der Waals surface area (Å²) in [6.45, 7) is 0. The predicted molar refractivity (Wildman–Crippen MR) is 118 cm³/mol. The van der Waals surface area contributed by atoms with E-state index in [0.717, 1.165) is 31.5 Å². The smallest absolute Gasteiger partial charge is 0.405 e. The van der Waals surface area contributed by atoms with Crippen LogP contribution in [-0.2, 0) is 6.42 Å². The van der Waals surface area contributed by atoms with E-state index in [2.05, 4.69) is 31.0 Å². The number of nitrogens with two attached hydrogens (primary N) is 2. The van der Waals surface area contributed by atoms with Crippen molar-refractivity contribution in [2.45, 2.75) is 50.3 Å². The van der Waals surface area contributed by atoms with Crippen LogP contribution in [0.3, 0.4) is 0 Å². The summed E-state index contributed by atoms with van der Waals surface area (Å²) in [6.07, 6.45) is 2.54. The van der Waals surface area contributed by atoms with Crippen molar-refractivity contribution in [1.29, 1.82) is 0 Å². The SMILES string of the molecule is CN(C)C1=CC=NC(N)(C2CCC(C(N)Cc3ccc(Br)cc3OC(F)(F)F)CC2)N1. The first-order valence-electron chi connectivity index (χ1n) is 10.3. The average Bonchev–Trinajstić information content (AvgIpc) is 2.69. The molecule has 1 saturated carbocycles. The van der Waals surface area contributed by atoms with Crippen LogP contribution in [0.4, 0.5) is 13.2 Å². The highest BCUT2D eigenvalue weighted by molar-refractivity contribution is 9.10. The molecule has 2 unspecified atom stereocenters. The standard InChI is InChI=1S/C21H29BrF3N5O/c1-30(2)19-9-10-28-20(27,29-19)15-6-3-13(4-7-15)17(26)11-14-5-8-16(22)12-18(14)31-21(23,24)25/h5,8-10,12-13,15,17,29H,3-4,6-7,11,26-27H2,1-2H3. The zero-order valence-corrected chi connectivity index (χ0v) is 19.2. The molecule has 31 heavy (non-hydrogen) atoms. The normalized spacial score (nSPS) is 27.3. The fourth-order valence-corrected chi connectivity index (χ4v) is 4.64. The Balaban J connectivity index is 1.61. The number of hydrogen-bond donors (Lipinski definition) is 3. The number of benzene rings is 1. The summed E-state index contributed by atoms with van der Waals surface area (Å²) in [5, 5.41) is 3.33. The van der Waals surface area contributed by atoms with Crippen molar-refractivity contribution in [2.24, 2.45) is 28.3 Å². The number of ether oxygens (including phenoxy) is 1. The molecule has 1 fully saturated rings. The number of alkyl halides is 3. The van der Waals surface area contributed by atoms with Crippen LogP contribution in [0.5, 0.6) is 5.75 Å². The molecule has 2 atom stereocenters. The van der Waals surface area contributed by atoms with Crippen LogP contribution < -0.4 is 21.5 Å². The molecular weight excluding hydrogens is 475 g/mol. The van der Waals surface area contributed by atoms with Crippen LogP contribution >= 0.6 is 15.9 Å². The number of halogens is 4. The van der Waals surface area contributed by atoms with Crippen molar-refractivity contribution < 1.29 is 17.9 Å². The molecule has 0 radical (unpaired) electrons. The van der Waals surface area contributed by atoms with E-state index in [4.69, 9.17) is 11.5 Å². The van der Waals surface area contributed by atoms with Crippen molar-refractivity contribution in [2.75, 3.05) is 14.1 Å². The Kier molecular flexibility index (Phi) is 7.22. The Morgan fingerprint density at radius 2 is 1.97 bits per heavy atom. The first kappa shape index (κ1) is 23.9. The molecule has 172 valence electrons. The van der Waals surface area contributed by atoms with Gasteiger partial charge in [-0.15, -0.1) is 13.2 Å². The van der Waals surface area contributed by atoms with Crippen LogP contribution in [0.2, 0.25) is 0 Å². The molecule has 0 spiro atoms. The van der Waals surface area contributed by atoms with Crippen molar-refractivity contribution in [3.8, 4) is 5.75 Å². The Labute approximate surface area is 189 Å². The van der Waals surface area contributed by atoms with Gasteiger partial charge in [-0.2, -0.15) is 0 Å². The third kappa shape index (κ3) is 6.14. The van der Waals surface area contributed by atoms with Crippen molar-refractivity contribution in [3.05, 3.63) is 40.1 Å². The van der Waals surface area contributed by atoms with E-state index >= 15 is 0 Å². The summed E-state index contributed by atoms with van der Waals surface area (Å²) < 4.78 is 43.0. The molecule has 5 N–H and O–H groups in total. The first-order valence-corrected chi connectivity index (χ1v) is 11.1. The van der Waals surface area contributed by atoms with E-state index in [1.54, 1.807) is 18.3 Å². The maximum absolute atomic E-state index is 12.8. The number of rotatable bonds is 6. The minimum absolute atomic E-state index is 0.146. The van der Waals surface area contributed by atoms with Gasteiger partial charge in [-0.05, 0) is 61.8 Å². The van der Waals surface area contributed by atoms with E-state index in [1.807, 2.05) is 25.1 Å². The van der Waals surface area contributed by atoms with Gasteiger partial charge in [0.05, 0.1) is 0 Å². The lowest BCUT2D eigenvalue weighted by Crippen LogP contribution is -2.60. The van der Waals surface area contributed by atoms with Crippen molar-refractivity contribution in [3.63, 3.8) is 0 Å². The summed E-state index contributed by atoms with van der Waals surface area (Å²) in [4.78, 5) is 6.44. The highest BCUT2D eigenvalue weighted by Gasteiger charge is 2.40. The molecule has 1 aromatic carbocycles. The topological polar surface area (TPSA) is 88.9 Å². The van der Waals surface area contributed by atoms with Gasteiger partial charge in [0.1, 0.15) is 11.6 Å². The zero-order valence-electron chi connectivity index (χ0n) is 17.6. The van der Waals surface area contributed by atoms with Gasteiger partial charge in [-0.3, -0.25) is 10.7 Å². The fraction of sp³-hybridized carbons (Fsp3) is 0.571. The van der Waals surface area contributed by atoms with Gasteiger partial charge >= 0.3 is 6.36 Å². The van der Waals surface area contributed by atoms with Crippen molar-refractivity contribution >= 4 is 22.1 Å². The van der Waals surface area contributed by atoms with E-state index in [0.29, 0.717) is 16.5 Å². The largest absolute Gasteiger partial charge is 0.573 e. The summed E-state index contributed by atoms with van der Waals surface area (Å²) in [5.41, 5.74) is 13.4. The molecule has 1 heterocycles. The first-order chi connectivity index (χ1) is 14.5. The molecule has 2 aliphatic rings. The molecule has 1 aliphatic carbocycles. The van der Waals surface area contributed by atoms with Crippen LogP contribution in [0.25, 0.3) is 0 Å². The van der Waals surface area contributed by atoms with Gasteiger partial charge in [0, 0.05) is 36.7 Å². The molecule has 1 aliphatic heterocycles. The predicted octanol–water partition coefficient (Wildman–Crippen LogP) is 3.71. The highest BCUT2D eigenvalue weighted by atomic mass is 79.9. The maximum Gasteiger partial charge on any atom is 0.573 e. The lowest BCUT2D eigenvalue weighted by atomic mass is 9.75. The molecular formula is C21H29BrF3N5O. The Morgan fingerprint density at radius 1 is 1.29 bits per heavy atom. The summed E-state index contributed by atoms with van der Waals surface area (Å²) in [6, 6.07) is 4.38. The lowest BCUT2D eigenvalue weighted by Gasteiger charge is -2.43. The van der Waals surface area contributed by atoms with Gasteiger partial charge in [0.25, 0.3) is 0 Å². The number of nitrogens with one attached hydrogen (secondary N) is 1. The second-order valence-corrected chi connectivity index (χ2v) is 9.37.